The fourth-order valence-corrected chi connectivity index (χ4v) is 2.75. The Morgan fingerprint density at radius 3 is 2.54 bits per heavy atom. The molecule has 1 heterocycles. The minimum absolute atomic E-state index is 0.0937. The van der Waals surface area contributed by atoms with Crippen LogP contribution in [0.1, 0.15) is 13.8 Å². The van der Waals surface area contributed by atoms with Gasteiger partial charge in [-0.05, 0) is 19.9 Å². The smallest absolute Gasteiger partial charge is 0.338 e. The average Bonchev–Trinajstić information content (AvgIpc) is 2.49. The largest absolute Gasteiger partial charge is 0.486 e. The molecule has 0 aliphatic carbocycles. The lowest BCUT2D eigenvalue weighted by atomic mass is 10.0. The first kappa shape index (κ1) is 18.7. The second-order valence-electron chi connectivity index (χ2n) is 4.92. The summed E-state index contributed by atoms with van der Waals surface area (Å²) >= 11 is 17.9. The van der Waals surface area contributed by atoms with E-state index in [9.17, 15) is 9.59 Å². The molecule has 1 aliphatic heterocycles. The van der Waals surface area contributed by atoms with Gasteiger partial charge in [-0.2, -0.15) is 0 Å². The van der Waals surface area contributed by atoms with Gasteiger partial charge in [-0.15, -0.1) is 0 Å². The van der Waals surface area contributed by atoms with Gasteiger partial charge >= 0.3 is 12.0 Å². The number of carbonyl (C=O) groups is 2. The first-order valence-corrected chi connectivity index (χ1v) is 8.21. The van der Waals surface area contributed by atoms with Crippen LogP contribution in [0.15, 0.2) is 23.4 Å². The van der Waals surface area contributed by atoms with E-state index in [4.69, 9.17) is 44.3 Å². The monoisotopic (exact) mass is 392 g/mol. The molecule has 2 rings (SSSR count). The van der Waals surface area contributed by atoms with Gasteiger partial charge in [-0.1, -0.05) is 34.8 Å². The number of carbonyl (C=O) groups excluding carboxylic acids is 2. The molecular weight excluding hydrogens is 379 g/mol. The number of amides is 2. The Bertz CT molecular complexity index is 706. The Hall–Kier alpha value is -1.63. The van der Waals surface area contributed by atoms with Gasteiger partial charge in [-0.25, -0.2) is 9.59 Å². The van der Waals surface area contributed by atoms with Gasteiger partial charge in [0, 0.05) is 6.07 Å². The molecule has 130 valence electrons. The van der Waals surface area contributed by atoms with Crippen molar-refractivity contribution in [3.05, 3.63) is 38.5 Å². The van der Waals surface area contributed by atoms with E-state index in [0.717, 1.165) is 0 Å². The summed E-state index contributed by atoms with van der Waals surface area (Å²) in [6.45, 7) is 3.50. The number of hydrogen-bond donors (Lipinski definition) is 2. The number of benzene rings is 1. The number of halogens is 3. The zero-order chi connectivity index (χ0) is 17.9. The number of urea groups is 1. The van der Waals surface area contributed by atoms with Crippen molar-refractivity contribution >= 4 is 46.8 Å². The molecule has 2 amide bonds. The second-order valence-corrected chi connectivity index (χ2v) is 6.14. The lowest BCUT2D eigenvalue weighted by molar-refractivity contribution is -0.139. The number of hydrogen-bond acceptors (Lipinski definition) is 4. The Kier molecular flexibility index (Phi) is 6.21. The van der Waals surface area contributed by atoms with E-state index in [0.29, 0.717) is 10.7 Å². The fraction of sp³-hybridized carbons (Fsp3) is 0.333. The Morgan fingerprint density at radius 1 is 1.21 bits per heavy atom. The van der Waals surface area contributed by atoms with Crippen LogP contribution >= 0.6 is 34.8 Å². The molecule has 1 aromatic rings. The summed E-state index contributed by atoms with van der Waals surface area (Å²) < 4.78 is 10.6. The fourth-order valence-electron chi connectivity index (χ4n) is 2.16. The topological polar surface area (TPSA) is 76.7 Å². The predicted octanol–water partition coefficient (Wildman–Crippen LogP) is 3.54. The molecule has 2 N–H and O–H groups in total. The van der Waals surface area contributed by atoms with E-state index in [2.05, 4.69) is 10.6 Å². The maximum absolute atomic E-state index is 12.1. The van der Waals surface area contributed by atoms with E-state index in [-0.39, 0.29) is 34.6 Å². The van der Waals surface area contributed by atoms with E-state index in [1.54, 1.807) is 13.8 Å². The van der Waals surface area contributed by atoms with Crippen molar-refractivity contribution in [2.75, 3.05) is 13.2 Å². The molecule has 1 aliphatic rings. The quantitative estimate of drug-likeness (QED) is 0.592. The normalized spacial score (nSPS) is 17.2. The van der Waals surface area contributed by atoms with Crippen LogP contribution in [-0.2, 0) is 9.53 Å². The number of ether oxygens (including phenoxy) is 2. The Morgan fingerprint density at radius 2 is 1.88 bits per heavy atom. The lowest BCUT2D eigenvalue weighted by Gasteiger charge is -2.26. The molecule has 24 heavy (non-hydrogen) atoms. The van der Waals surface area contributed by atoms with E-state index >= 15 is 0 Å². The first-order valence-electron chi connectivity index (χ1n) is 7.08. The van der Waals surface area contributed by atoms with Crippen molar-refractivity contribution in [1.82, 2.24) is 10.6 Å². The lowest BCUT2D eigenvalue weighted by Crippen LogP contribution is -2.50. The summed E-state index contributed by atoms with van der Waals surface area (Å²) in [6.07, 6.45) is 0. The van der Waals surface area contributed by atoms with Gasteiger partial charge in [0.1, 0.15) is 12.4 Å². The van der Waals surface area contributed by atoms with Gasteiger partial charge in [0.15, 0.2) is 0 Å². The van der Waals surface area contributed by atoms with Crippen LogP contribution in [0.25, 0.3) is 0 Å². The van der Waals surface area contributed by atoms with Crippen molar-refractivity contribution in [3.8, 4) is 5.75 Å². The van der Waals surface area contributed by atoms with Crippen molar-refractivity contribution in [2.45, 2.75) is 19.9 Å². The third-order valence-corrected chi connectivity index (χ3v) is 4.23. The molecule has 1 atom stereocenters. The molecule has 1 aromatic carbocycles. The van der Waals surface area contributed by atoms with Gasteiger partial charge in [-0.3, -0.25) is 0 Å². The third kappa shape index (κ3) is 4.26. The van der Waals surface area contributed by atoms with Gasteiger partial charge in [0.05, 0.1) is 39.0 Å². The first-order chi connectivity index (χ1) is 11.3. The molecule has 0 unspecified atom stereocenters. The predicted molar refractivity (Wildman–Crippen MR) is 91.8 cm³/mol. The highest BCUT2D eigenvalue weighted by Gasteiger charge is 2.30. The van der Waals surface area contributed by atoms with Crippen LogP contribution in [-0.4, -0.2) is 31.3 Å². The molecule has 0 radical (unpaired) electrons. The standard InChI is InChI=1S/C15H15Cl3N2O4/c1-3-23-14(21)13-7(2)19-15(22)20-11(13)6-24-12-5-9(17)8(16)4-10(12)18/h4-5,7H,3,6H2,1-2H3,(H2,19,20,22)/t7-/m0/s1. The summed E-state index contributed by atoms with van der Waals surface area (Å²) in [4.78, 5) is 23.8. The van der Waals surface area contributed by atoms with E-state index < -0.39 is 18.0 Å². The van der Waals surface area contributed by atoms with Crippen molar-refractivity contribution < 1.29 is 19.1 Å². The number of nitrogens with one attached hydrogen (secondary N) is 2. The van der Waals surface area contributed by atoms with Crippen molar-refractivity contribution in [1.29, 1.82) is 0 Å². The minimum atomic E-state index is -0.531. The molecule has 0 saturated heterocycles. The van der Waals surface area contributed by atoms with Crippen LogP contribution in [0.2, 0.25) is 15.1 Å². The van der Waals surface area contributed by atoms with Gasteiger partial charge < -0.3 is 20.1 Å². The summed E-state index contributed by atoms with van der Waals surface area (Å²) in [5.41, 5.74) is 0.583. The van der Waals surface area contributed by atoms with Gasteiger partial charge in [0.2, 0.25) is 0 Å². The SMILES string of the molecule is CCOC(=O)C1=C(COc2cc(Cl)c(Cl)cc2Cl)NC(=O)N[C@H]1C. The molecule has 0 fully saturated rings. The van der Waals surface area contributed by atoms with Gasteiger partial charge in [0.25, 0.3) is 0 Å². The number of esters is 1. The highest BCUT2D eigenvalue weighted by Crippen LogP contribution is 2.34. The Labute approximate surface area is 154 Å². The van der Waals surface area contributed by atoms with Crippen LogP contribution in [0, 0.1) is 0 Å². The average molecular weight is 394 g/mol. The summed E-state index contributed by atoms with van der Waals surface area (Å²) in [5.74, 6) is -0.251. The third-order valence-electron chi connectivity index (χ3n) is 3.21. The molecule has 0 spiro atoms. The molecule has 9 heteroatoms. The number of rotatable bonds is 5. The molecule has 0 saturated carbocycles. The maximum Gasteiger partial charge on any atom is 0.338 e. The highest BCUT2D eigenvalue weighted by molar-refractivity contribution is 6.43. The van der Waals surface area contributed by atoms with Crippen molar-refractivity contribution in [2.24, 2.45) is 0 Å². The zero-order valence-electron chi connectivity index (χ0n) is 12.9. The highest BCUT2D eigenvalue weighted by atomic mass is 35.5. The Balaban J connectivity index is 2.26. The minimum Gasteiger partial charge on any atom is -0.486 e. The van der Waals surface area contributed by atoms with Crippen LogP contribution in [0.5, 0.6) is 5.75 Å². The summed E-state index contributed by atoms with van der Waals surface area (Å²) in [6, 6.07) is 1.96. The van der Waals surface area contributed by atoms with Crippen LogP contribution in [0.3, 0.4) is 0 Å². The molecule has 0 bridgehead atoms. The zero-order valence-corrected chi connectivity index (χ0v) is 15.2. The second kappa shape index (κ2) is 7.96. The molecule has 6 nitrogen and oxygen atoms in total. The van der Waals surface area contributed by atoms with E-state index in [1.807, 2.05) is 0 Å². The molecule has 0 aromatic heterocycles. The van der Waals surface area contributed by atoms with Crippen LogP contribution < -0.4 is 15.4 Å². The summed E-state index contributed by atoms with van der Waals surface area (Å²) in [5, 5.41) is 5.98. The van der Waals surface area contributed by atoms with E-state index in [1.165, 1.54) is 12.1 Å². The maximum atomic E-state index is 12.1. The van der Waals surface area contributed by atoms with Crippen molar-refractivity contribution in [3.63, 3.8) is 0 Å². The summed E-state index contributed by atoms with van der Waals surface area (Å²) in [7, 11) is 0. The molecular formula is C15H15Cl3N2O4. The van der Waals surface area contributed by atoms with Crippen LogP contribution in [0.4, 0.5) is 4.79 Å².